The van der Waals surface area contributed by atoms with Crippen LogP contribution < -0.4 is 10.5 Å². The van der Waals surface area contributed by atoms with E-state index in [1.54, 1.807) is 6.07 Å². The van der Waals surface area contributed by atoms with Gasteiger partial charge in [-0.1, -0.05) is 30.2 Å². The van der Waals surface area contributed by atoms with E-state index < -0.39 is 0 Å². The second kappa shape index (κ2) is 5.69. The Kier molecular flexibility index (Phi) is 4.24. The molecule has 0 bridgehead atoms. The Morgan fingerprint density at radius 2 is 2.00 bits per heavy atom. The zero-order chi connectivity index (χ0) is 12.3. The molecule has 0 unspecified atom stereocenters. The number of rotatable bonds is 3. The molecule has 0 aromatic heterocycles. The summed E-state index contributed by atoms with van der Waals surface area (Å²) in [5.41, 5.74) is 6.33. The molecule has 0 heterocycles. The van der Waals surface area contributed by atoms with Crippen LogP contribution in [-0.4, -0.2) is 11.1 Å². The molecule has 2 N–H and O–H groups in total. The predicted octanol–water partition coefficient (Wildman–Crippen LogP) is 3.69. The van der Waals surface area contributed by atoms with Gasteiger partial charge in [0.1, 0.15) is 10.7 Å². The quantitative estimate of drug-likeness (QED) is 0.850. The lowest BCUT2D eigenvalue weighted by Gasteiger charge is -2.23. The van der Waals surface area contributed by atoms with Crippen LogP contribution in [0.15, 0.2) is 18.2 Å². The Morgan fingerprint density at radius 1 is 1.29 bits per heavy atom. The molecule has 2 rings (SSSR count). The summed E-state index contributed by atoms with van der Waals surface area (Å²) in [6.45, 7) is 0. The van der Waals surface area contributed by atoms with Crippen molar-refractivity contribution in [1.82, 2.24) is 0 Å². The molecule has 1 aliphatic carbocycles. The van der Waals surface area contributed by atoms with Crippen molar-refractivity contribution in [2.45, 2.75) is 38.2 Å². The highest BCUT2D eigenvalue weighted by Gasteiger charge is 2.16. The van der Waals surface area contributed by atoms with Crippen LogP contribution in [0.4, 0.5) is 0 Å². The van der Waals surface area contributed by atoms with Crippen LogP contribution >= 0.6 is 23.8 Å². The topological polar surface area (TPSA) is 35.2 Å². The van der Waals surface area contributed by atoms with Gasteiger partial charge in [-0.3, -0.25) is 0 Å². The normalized spacial score (nSPS) is 16.8. The molecular weight excluding hydrogens is 254 g/mol. The number of benzene rings is 1. The fourth-order valence-corrected chi connectivity index (χ4v) is 2.46. The van der Waals surface area contributed by atoms with Gasteiger partial charge in [0.2, 0.25) is 0 Å². The van der Waals surface area contributed by atoms with Gasteiger partial charge < -0.3 is 10.5 Å². The summed E-state index contributed by atoms with van der Waals surface area (Å²) in [6.07, 6.45) is 6.34. The van der Waals surface area contributed by atoms with Gasteiger partial charge in [0, 0.05) is 5.56 Å². The molecule has 0 aliphatic heterocycles. The van der Waals surface area contributed by atoms with Gasteiger partial charge in [0.05, 0.1) is 11.1 Å². The molecule has 4 heteroatoms. The molecule has 0 spiro atoms. The van der Waals surface area contributed by atoms with E-state index in [9.17, 15) is 0 Å². The molecule has 0 saturated heterocycles. The van der Waals surface area contributed by atoms with Crippen molar-refractivity contribution in [2.75, 3.05) is 0 Å². The number of ether oxygens (including phenoxy) is 1. The fraction of sp³-hybridized carbons (Fsp3) is 0.462. The van der Waals surface area contributed by atoms with Crippen molar-refractivity contribution in [3.05, 3.63) is 28.8 Å². The molecule has 92 valence electrons. The monoisotopic (exact) mass is 269 g/mol. The van der Waals surface area contributed by atoms with Crippen molar-refractivity contribution in [3.63, 3.8) is 0 Å². The highest BCUT2D eigenvalue weighted by Crippen LogP contribution is 2.29. The third kappa shape index (κ3) is 3.33. The van der Waals surface area contributed by atoms with Gasteiger partial charge in [0.25, 0.3) is 0 Å². The molecular formula is C13H16ClNOS. The van der Waals surface area contributed by atoms with Gasteiger partial charge >= 0.3 is 0 Å². The van der Waals surface area contributed by atoms with Gasteiger partial charge in [-0.2, -0.15) is 0 Å². The van der Waals surface area contributed by atoms with Crippen molar-refractivity contribution < 1.29 is 4.74 Å². The van der Waals surface area contributed by atoms with Gasteiger partial charge in [-0.25, -0.2) is 0 Å². The minimum atomic E-state index is 0.303. The van der Waals surface area contributed by atoms with Crippen LogP contribution in [0.5, 0.6) is 5.75 Å². The van der Waals surface area contributed by atoms with Gasteiger partial charge in [-0.05, 0) is 43.9 Å². The number of thiocarbonyl (C=S) groups is 1. The maximum absolute atomic E-state index is 6.15. The molecule has 0 atom stereocenters. The van der Waals surface area contributed by atoms with Crippen LogP contribution in [0.1, 0.15) is 37.7 Å². The Balaban J connectivity index is 2.08. The van der Waals surface area contributed by atoms with Crippen molar-refractivity contribution >= 4 is 28.8 Å². The summed E-state index contributed by atoms with van der Waals surface area (Å²) in [4.78, 5) is 0.358. The Morgan fingerprint density at radius 3 is 2.59 bits per heavy atom. The Bertz CT molecular complexity index is 416. The summed E-state index contributed by atoms with van der Waals surface area (Å²) >= 11 is 11.1. The van der Waals surface area contributed by atoms with Crippen LogP contribution in [0.25, 0.3) is 0 Å². The van der Waals surface area contributed by atoms with Crippen molar-refractivity contribution in [2.24, 2.45) is 5.73 Å². The first-order chi connectivity index (χ1) is 8.16. The van der Waals surface area contributed by atoms with E-state index in [1.165, 1.54) is 19.3 Å². The average molecular weight is 270 g/mol. The van der Waals surface area contributed by atoms with Crippen LogP contribution in [-0.2, 0) is 0 Å². The maximum Gasteiger partial charge on any atom is 0.138 e. The molecule has 1 aliphatic rings. The molecule has 0 radical (unpaired) electrons. The molecule has 1 aromatic carbocycles. The predicted molar refractivity (Wildman–Crippen MR) is 74.8 cm³/mol. The van der Waals surface area contributed by atoms with E-state index in [0.717, 1.165) is 24.2 Å². The summed E-state index contributed by atoms with van der Waals surface area (Å²) in [5.74, 6) is 0.735. The summed E-state index contributed by atoms with van der Waals surface area (Å²) < 4.78 is 5.90. The lowest BCUT2D eigenvalue weighted by Crippen LogP contribution is -2.19. The molecule has 1 saturated carbocycles. The molecule has 2 nitrogen and oxygen atoms in total. The van der Waals surface area contributed by atoms with E-state index in [1.807, 2.05) is 12.1 Å². The zero-order valence-electron chi connectivity index (χ0n) is 9.62. The molecule has 1 aromatic rings. The first-order valence-electron chi connectivity index (χ1n) is 5.93. The third-order valence-corrected chi connectivity index (χ3v) is 3.59. The standard InChI is InChI=1S/C13H16ClNOS/c14-11-8-9(13(15)17)6-7-12(11)16-10-4-2-1-3-5-10/h6-8,10H,1-5H2,(H2,15,17). The summed E-state index contributed by atoms with van der Waals surface area (Å²) in [7, 11) is 0. The third-order valence-electron chi connectivity index (χ3n) is 3.06. The first-order valence-corrected chi connectivity index (χ1v) is 6.71. The minimum absolute atomic E-state index is 0.303. The van der Waals surface area contributed by atoms with E-state index in [0.29, 0.717) is 16.1 Å². The van der Waals surface area contributed by atoms with Crippen LogP contribution in [0.2, 0.25) is 5.02 Å². The van der Waals surface area contributed by atoms with Crippen LogP contribution in [0.3, 0.4) is 0 Å². The van der Waals surface area contributed by atoms with Crippen LogP contribution in [0, 0.1) is 0 Å². The largest absolute Gasteiger partial charge is 0.489 e. The molecule has 1 fully saturated rings. The fourth-order valence-electron chi connectivity index (χ4n) is 2.11. The number of halogens is 1. The van der Waals surface area contributed by atoms with E-state index >= 15 is 0 Å². The second-order valence-corrected chi connectivity index (χ2v) is 5.23. The smallest absolute Gasteiger partial charge is 0.138 e. The summed E-state index contributed by atoms with van der Waals surface area (Å²) in [6, 6.07) is 5.47. The zero-order valence-corrected chi connectivity index (χ0v) is 11.2. The second-order valence-electron chi connectivity index (χ2n) is 4.39. The minimum Gasteiger partial charge on any atom is -0.489 e. The molecule has 0 amide bonds. The summed E-state index contributed by atoms with van der Waals surface area (Å²) in [5, 5.41) is 0.584. The van der Waals surface area contributed by atoms with E-state index in [2.05, 4.69) is 0 Å². The van der Waals surface area contributed by atoms with E-state index in [4.69, 9.17) is 34.3 Å². The van der Waals surface area contributed by atoms with Gasteiger partial charge in [-0.15, -0.1) is 0 Å². The van der Waals surface area contributed by atoms with Gasteiger partial charge in [0.15, 0.2) is 0 Å². The number of nitrogens with two attached hydrogens (primary N) is 1. The lowest BCUT2D eigenvalue weighted by atomic mass is 9.98. The van der Waals surface area contributed by atoms with E-state index in [-0.39, 0.29) is 0 Å². The Hall–Kier alpha value is -0.800. The highest BCUT2D eigenvalue weighted by molar-refractivity contribution is 7.80. The van der Waals surface area contributed by atoms with Crippen molar-refractivity contribution in [3.8, 4) is 5.75 Å². The Labute approximate surface area is 112 Å². The maximum atomic E-state index is 6.15. The first kappa shape index (κ1) is 12.7. The highest BCUT2D eigenvalue weighted by atomic mass is 35.5. The lowest BCUT2D eigenvalue weighted by molar-refractivity contribution is 0.155. The SMILES string of the molecule is NC(=S)c1ccc(OC2CCCCC2)c(Cl)c1. The molecule has 17 heavy (non-hydrogen) atoms. The number of hydrogen-bond acceptors (Lipinski definition) is 2. The average Bonchev–Trinajstić information content (AvgIpc) is 2.33. The number of hydrogen-bond donors (Lipinski definition) is 1. The van der Waals surface area contributed by atoms with Crippen molar-refractivity contribution in [1.29, 1.82) is 0 Å².